The molecule has 0 saturated carbocycles. The molecule has 0 unspecified atom stereocenters. The largest absolute Gasteiger partial charge is 0.481 e. The highest BCUT2D eigenvalue weighted by Crippen LogP contribution is 1.86. The average molecular weight is 279 g/mol. The van der Waals surface area contributed by atoms with Gasteiger partial charge < -0.3 is 26.2 Å². The van der Waals surface area contributed by atoms with Gasteiger partial charge in [0.1, 0.15) is 0 Å². The van der Waals surface area contributed by atoms with Crippen LogP contribution in [0.2, 0.25) is 0 Å². The Morgan fingerprint density at radius 1 is 0.737 bits per heavy atom. The molecule has 0 amide bonds. The lowest BCUT2D eigenvalue weighted by atomic mass is 10.3. The predicted molar refractivity (Wildman–Crippen MR) is 63.4 cm³/mol. The Morgan fingerprint density at radius 2 is 0.842 bits per heavy atom. The van der Waals surface area contributed by atoms with E-state index in [-0.39, 0.29) is 25.7 Å². The monoisotopic (exact) mass is 279 g/mol. The molecule has 0 aliphatic carbocycles. The normalized spacial score (nSPS) is 7.79. The van der Waals surface area contributed by atoms with Crippen LogP contribution in [0.1, 0.15) is 25.7 Å². The molecule has 9 nitrogen and oxygen atoms in total. The third kappa shape index (κ3) is 50.4. The number of carboxylic acids is 4. The number of carboxylic acid groups (broad SMARTS) is 4. The first-order valence-corrected chi connectivity index (χ1v) is 4.87. The Balaban J connectivity index is -0.000000224. The van der Waals surface area contributed by atoms with E-state index in [4.69, 9.17) is 20.4 Å². The van der Waals surface area contributed by atoms with Gasteiger partial charge in [0.2, 0.25) is 0 Å². The van der Waals surface area contributed by atoms with Gasteiger partial charge in [-0.2, -0.15) is 0 Å². The molecule has 0 atom stereocenters. The minimum atomic E-state index is -1.08. The van der Waals surface area contributed by atoms with Crippen molar-refractivity contribution < 1.29 is 39.6 Å². The van der Waals surface area contributed by atoms with E-state index >= 15 is 0 Å². The van der Waals surface area contributed by atoms with E-state index in [1.54, 1.807) is 0 Å². The van der Waals surface area contributed by atoms with E-state index in [0.29, 0.717) is 0 Å². The van der Waals surface area contributed by atoms with Crippen LogP contribution < -0.4 is 5.73 Å². The van der Waals surface area contributed by atoms with Crippen molar-refractivity contribution in [3.63, 3.8) is 0 Å². The van der Waals surface area contributed by atoms with Crippen LogP contribution in [0.3, 0.4) is 0 Å². The SMILES string of the molecule is C=CN.O=C(O)CCC(=O)O.O=C(O)CCC(=O)O. The van der Waals surface area contributed by atoms with Gasteiger partial charge >= 0.3 is 23.9 Å². The molecular formula is C10H17NO8. The predicted octanol–water partition coefficient (Wildman–Crippen LogP) is -0.0398. The smallest absolute Gasteiger partial charge is 0.303 e. The molecule has 0 spiro atoms. The summed E-state index contributed by atoms with van der Waals surface area (Å²) in [6.45, 7) is 3.14. The topological polar surface area (TPSA) is 175 Å². The number of nitrogens with two attached hydrogens (primary N) is 1. The number of carbonyl (C=O) groups is 4. The summed E-state index contributed by atoms with van der Waals surface area (Å²) in [5.74, 6) is -4.31. The van der Waals surface area contributed by atoms with Crippen molar-refractivity contribution in [1.29, 1.82) is 0 Å². The van der Waals surface area contributed by atoms with Crippen LogP contribution in [-0.4, -0.2) is 44.3 Å². The second-order valence-electron chi connectivity index (χ2n) is 2.81. The third-order valence-corrected chi connectivity index (χ3v) is 1.11. The zero-order valence-corrected chi connectivity index (χ0v) is 10.1. The van der Waals surface area contributed by atoms with Gasteiger partial charge in [-0.1, -0.05) is 6.58 Å². The molecule has 0 heterocycles. The van der Waals surface area contributed by atoms with Gasteiger partial charge in [-0.3, -0.25) is 19.2 Å². The Bertz CT molecular complexity index is 257. The minimum Gasteiger partial charge on any atom is -0.481 e. The molecule has 110 valence electrons. The molecule has 0 rings (SSSR count). The Kier molecular flexibility index (Phi) is 17.6. The standard InChI is InChI=1S/2C4H6O4.C2H5N/c2*5-3(6)1-2-4(7)8;1-2-3/h2*1-2H2,(H,5,6)(H,7,8);2H,1,3H2. The zero-order chi connectivity index (χ0) is 15.8. The Morgan fingerprint density at radius 3 is 0.895 bits per heavy atom. The maximum Gasteiger partial charge on any atom is 0.303 e. The van der Waals surface area contributed by atoms with Crippen molar-refractivity contribution in [2.75, 3.05) is 0 Å². The number of aliphatic carboxylic acids is 4. The van der Waals surface area contributed by atoms with Crippen LogP contribution in [0.5, 0.6) is 0 Å². The summed E-state index contributed by atoms with van der Waals surface area (Å²) >= 11 is 0. The molecule has 19 heavy (non-hydrogen) atoms. The van der Waals surface area contributed by atoms with Crippen LogP contribution in [0.15, 0.2) is 12.8 Å². The van der Waals surface area contributed by atoms with Crippen molar-refractivity contribution in [2.45, 2.75) is 25.7 Å². The number of hydrogen-bond donors (Lipinski definition) is 5. The first kappa shape index (κ1) is 21.7. The fourth-order valence-electron chi connectivity index (χ4n) is 0.428. The van der Waals surface area contributed by atoms with Crippen molar-refractivity contribution in [2.24, 2.45) is 5.73 Å². The highest BCUT2D eigenvalue weighted by Gasteiger charge is 2.00. The fourth-order valence-corrected chi connectivity index (χ4v) is 0.428. The minimum absolute atomic E-state index is 0.296. The molecule has 0 aromatic rings. The summed E-state index contributed by atoms with van der Waals surface area (Å²) in [5.41, 5.74) is 4.61. The van der Waals surface area contributed by atoms with Crippen LogP contribution in [0, 0.1) is 0 Å². The van der Waals surface area contributed by atoms with E-state index in [9.17, 15) is 19.2 Å². The van der Waals surface area contributed by atoms with E-state index in [1.807, 2.05) is 0 Å². The first-order valence-electron chi connectivity index (χ1n) is 4.87. The summed E-state index contributed by atoms with van der Waals surface area (Å²) in [6.07, 6.45) is 0.0648. The van der Waals surface area contributed by atoms with Crippen LogP contribution in [-0.2, 0) is 19.2 Å². The maximum atomic E-state index is 9.64. The Labute approximate surface area is 109 Å². The summed E-state index contributed by atoms with van der Waals surface area (Å²) in [4.78, 5) is 38.6. The highest BCUT2D eigenvalue weighted by atomic mass is 16.4. The second kappa shape index (κ2) is 15.4. The van der Waals surface area contributed by atoms with Gasteiger partial charge in [0.25, 0.3) is 0 Å². The van der Waals surface area contributed by atoms with E-state index < -0.39 is 23.9 Å². The number of hydrogen-bond acceptors (Lipinski definition) is 5. The van der Waals surface area contributed by atoms with Crippen molar-refractivity contribution in [3.8, 4) is 0 Å². The molecule has 0 fully saturated rings. The summed E-state index contributed by atoms with van der Waals surface area (Å²) in [5, 5.41) is 31.6. The molecule has 0 saturated heterocycles. The van der Waals surface area contributed by atoms with Crippen LogP contribution in [0.4, 0.5) is 0 Å². The lowest BCUT2D eigenvalue weighted by Gasteiger charge is -1.85. The zero-order valence-electron chi connectivity index (χ0n) is 10.1. The molecule has 9 heteroatoms. The van der Waals surface area contributed by atoms with E-state index in [1.165, 1.54) is 6.20 Å². The van der Waals surface area contributed by atoms with Gasteiger partial charge in [-0.15, -0.1) is 0 Å². The summed E-state index contributed by atoms with van der Waals surface area (Å²) < 4.78 is 0. The van der Waals surface area contributed by atoms with Gasteiger partial charge in [-0.05, 0) is 6.20 Å². The van der Waals surface area contributed by atoms with E-state index in [2.05, 4.69) is 12.3 Å². The highest BCUT2D eigenvalue weighted by molar-refractivity contribution is 5.75. The summed E-state index contributed by atoms with van der Waals surface area (Å²) in [6, 6.07) is 0. The van der Waals surface area contributed by atoms with Gasteiger partial charge in [0.15, 0.2) is 0 Å². The van der Waals surface area contributed by atoms with Crippen LogP contribution in [0.25, 0.3) is 0 Å². The molecule has 0 aliphatic heterocycles. The van der Waals surface area contributed by atoms with Gasteiger partial charge in [0, 0.05) is 0 Å². The average Bonchev–Trinajstić information content (AvgIpc) is 2.25. The number of rotatable bonds is 6. The quantitative estimate of drug-likeness (QED) is 0.446. The van der Waals surface area contributed by atoms with Crippen molar-refractivity contribution in [1.82, 2.24) is 0 Å². The van der Waals surface area contributed by atoms with Gasteiger partial charge in [0.05, 0.1) is 25.7 Å². The molecule has 0 bridgehead atoms. The lowest BCUT2D eigenvalue weighted by Crippen LogP contribution is -2.00. The maximum absolute atomic E-state index is 9.64. The molecule has 0 radical (unpaired) electrons. The molecule has 6 N–H and O–H groups in total. The second-order valence-corrected chi connectivity index (χ2v) is 2.81. The van der Waals surface area contributed by atoms with Crippen molar-refractivity contribution >= 4 is 23.9 Å². The lowest BCUT2D eigenvalue weighted by molar-refractivity contribution is -0.143. The van der Waals surface area contributed by atoms with Crippen LogP contribution >= 0.6 is 0 Å². The Hall–Kier alpha value is -2.58. The molecule has 0 aromatic heterocycles. The summed E-state index contributed by atoms with van der Waals surface area (Å²) in [7, 11) is 0. The van der Waals surface area contributed by atoms with Crippen molar-refractivity contribution in [3.05, 3.63) is 12.8 Å². The molecule has 0 aliphatic rings. The van der Waals surface area contributed by atoms with E-state index in [0.717, 1.165) is 0 Å². The third-order valence-electron chi connectivity index (χ3n) is 1.11. The molecular weight excluding hydrogens is 262 g/mol. The van der Waals surface area contributed by atoms with Gasteiger partial charge in [-0.25, -0.2) is 0 Å². The first-order chi connectivity index (χ1) is 8.67. The molecule has 0 aromatic carbocycles. The fraction of sp³-hybridized carbons (Fsp3) is 0.400.